The Balaban J connectivity index is 5.28. The highest BCUT2D eigenvalue weighted by Crippen LogP contribution is 2.38. The second kappa shape index (κ2) is 50.5. The minimum absolute atomic E-state index is 0.0336. The molecule has 408 valence electrons. The molecule has 3 atom stereocenters. The Morgan fingerprint density at radius 1 is 0.507 bits per heavy atom. The highest BCUT2D eigenvalue weighted by atomic mass is 31.2. The largest absolute Gasteiger partial charge is 0.756 e. The summed E-state index contributed by atoms with van der Waals surface area (Å²) in [6.07, 6.45) is 66.6. The third kappa shape index (κ3) is 51.6. The van der Waals surface area contributed by atoms with E-state index in [0.29, 0.717) is 23.9 Å². The minimum atomic E-state index is -4.71. The lowest BCUT2D eigenvalue weighted by Gasteiger charge is -2.30. The maximum Gasteiger partial charge on any atom is 0.306 e. The maximum absolute atomic E-state index is 13.5. The summed E-state index contributed by atoms with van der Waals surface area (Å²) >= 11 is 0. The zero-order valence-electron chi connectivity index (χ0n) is 46.4. The van der Waals surface area contributed by atoms with E-state index in [0.717, 1.165) is 122 Å². The van der Waals surface area contributed by atoms with Gasteiger partial charge < -0.3 is 28.5 Å². The van der Waals surface area contributed by atoms with Crippen LogP contribution in [0.15, 0.2) is 97.2 Å². The van der Waals surface area contributed by atoms with Crippen LogP contribution in [0.2, 0.25) is 0 Å². The Morgan fingerprint density at radius 3 is 1.41 bits per heavy atom. The van der Waals surface area contributed by atoms with Gasteiger partial charge in [0, 0.05) is 12.8 Å². The monoisotopic (exact) mass is 1010 g/mol. The van der Waals surface area contributed by atoms with Crippen molar-refractivity contribution in [2.24, 2.45) is 0 Å². The summed E-state index contributed by atoms with van der Waals surface area (Å²) in [5.41, 5.74) is 0. The summed E-state index contributed by atoms with van der Waals surface area (Å²) in [5.74, 6) is -0.590. The first kappa shape index (κ1) is 67.9. The van der Waals surface area contributed by atoms with Gasteiger partial charge in [-0.05, 0) is 102 Å². The molecule has 3 unspecified atom stereocenters. The van der Waals surface area contributed by atoms with Crippen molar-refractivity contribution in [3.8, 4) is 0 Å². The third-order valence-corrected chi connectivity index (χ3v) is 13.0. The fourth-order valence-electron chi connectivity index (χ4n) is 7.56. The predicted octanol–water partition coefficient (Wildman–Crippen LogP) is 16.6. The van der Waals surface area contributed by atoms with Crippen molar-refractivity contribution in [3.05, 3.63) is 97.2 Å². The zero-order valence-corrected chi connectivity index (χ0v) is 47.3. The number of likely N-dealkylation sites (N-methyl/N-ethyl adjacent to an activating group) is 1. The molecule has 0 aromatic heterocycles. The number of allylic oxidation sites excluding steroid dienone is 15. The average Bonchev–Trinajstić information content (AvgIpc) is 3.33. The summed E-state index contributed by atoms with van der Waals surface area (Å²) in [7, 11) is 1.15. The number of rotatable bonds is 50. The molecule has 0 saturated carbocycles. The van der Waals surface area contributed by atoms with Crippen molar-refractivity contribution in [3.63, 3.8) is 0 Å². The average molecular weight is 1010 g/mol. The normalized spacial score (nSPS) is 14.5. The summed E-state index contributed by atoms with van der Waals surface area (Å²) in [6.45, 7) is 6.63. The topological polar surface area (TPSA) is 114 Å². The number of carbonyl (C=O) groups is 2. The molecule has 71 heavy (non-hydrogen) atoms. The third-order valence-electron chi connectivity index (χ3n) is 12.0. The van der Waals surface area contributed by atoms with Crippen molar-refractivity contribution in [2.75, 3.05) is 40.9 Å². The van der Waals surface area contributed by atoms with E-state index in [-0.39, 0.29) is 31.3 Å². The number of hydrogen-bond acceptors (Lipinski definition) is 7. The molecule has 0 aliphatic rings. The quantitative estimate of drug-likeness (QED) is 0.0212. The van der Waals surface area contributed by atoms with Crippen LogP contribution in [0.4, 0.5) is 0 Å². The summed E-state index contributed by atoms with van der Waals surface area (Å²) in [6, 6.07) is -0.909. The summed E-state index contributed by atoms with van der Waals surface area (Å²) < 4.78 is 30.1. The molecular weight excluding hydrogens is 904 g/mol. The molecule has 0 spiro atoms. The Morgan fingerprint density at radius 2 is 0.915 bits per heavy atom. The van der Waals surface area contributed by atoms with Gasteiger partial charge in [0.25, 0.3) is 7.82 Å². The molecule has 0 bridgehead atoms. The number of phosphoric acid groups is 1. The van der Waals surface area contributed by atoms with Crippen molar-refractivity contribution in [1.82, 2.24) is 5.32 Å². The molecule has 0 radical (unpaired) electrons. The van der Waals surface area contributed by atoms with Gasteiger partial charge in [-0.2, -0.15) is 0 Å². The van der Waals surface area contributed by atoms with Gasteiger partial charge >= 0.3 is 5.97 Å². The molecule has 0 saturated heterocycles. The van der Waals surface area contributed by atoms with Crippen molar-refractivity contribution >= 4 is 19.7 Å². The van der Waals surface area contributed by atoms with Crippen molar-refractivity contribution in [1.29, 1.82) is 0 Å². The van der Waals surface area contributed by atoms with Gasteiger partial charge in [-0.15, -0.1) is 0 Å². The lowest BCUT2D eigenvalue weighted by molar-refractivity contribution is -0.870. The van der Waals surface area contributed by atoms with E-state index in [9.17, 15) is 19.0 Å². The van der Waals surface area contributed by atoms with Gasteiger partial charge in [0.2, 0.25) is 5.91 Å². The second-order valence-corrected chi connectivity index (χ2v) is 21.5. The fourth-order valence-corrected chi connectivity index (χ4v) is 8.29. The molecule has 10 heteroatoms. The van der Waals surface area contributed by atoms with Gasteiger partial charge in [0.15, 0.2) is 0 Å². The molecule has 0 aromatic rings. The highest BCUT2D eigenvalue weighted by Gasteiger charge is 2.27. The number of esters is 1. The number of ether oxygens (including phenoxy) is 1. The van der Waals surface area contributed by atoms with Gasteiger partial charge in [0.1, 0.15) is 19.3 Å². The van der Waals surface area contributed by atoms with Crippen LogP contribution in [0, 0.1) is 0 Å². The zero-order chi connectivity index (χ0) is 52.2. The van der Waals surface area contributed by atoms with E-state index in [1.54, 1.807) is 0 Å². The van der Waals surface area contributed by atoms with E-state index >= 15 is 0 Å². The summed E-state index contributed by atoms with van der Waals surface area (Å²) in [5, 5.41) is 3.00. The molecule has 0 aromatic carbocycles. The minimum Gasteiger partial charge on any atom is -0.756 e. The Labute approximate surface area is 437 Å². The van der Waals surface area contributed by atoms with Crippen molar-refractivity contribution < 1.29 is 37.3 Å². The van der Waals surface area contributed by atoms with Crippen LogP contribution in [0.5, 0.6) is 0 Å². The molecule has 0 aliphatic heterocycles. The van der Waals surface area contributed by atoms with Crippen LogP contribution >= 0.6 is 7.82 Å². The lowest BCUT2D eigenvalue weighted by Crippen LogP contribution is -2.47. The van der Waals surface area contributed by atoms with Crippen LogP contribution in [0.3, 0.4) is 0 Å². The number of amides is 1. The number of carbonyl (C=O) groups excluding carboxylic acids is 2. The van der Waals surface area contributed by atoms with Gasteiger partial charge in [-0.3, -0.25) is 14.2 Å². The van der Waals surface area contributed by atoms with Crippen LogP contribution in [0.25, 0.3) is 0 Å². The van der Waals surface area contributed by atoms with Crippen LogP contribution in [-0.4, -0.2) is 69.4 Å². The van der Waals surface area contributed by atoms with Gasteiger partial charge in [-0.25, -0.2) is 0 Å². The summed E-state index contributed by atoms with van der Waals surface area (Å²) in [4.78, 5) is 39.8. The first-order valence-electron chi connectivity index (χ1n) is 28.5. The molecule has 1 N–H and O–H groups in total. The number of nitrogens with zero attached hydrogens (tertiary/aromatic N) is 1. The number of hydrogen-bond donors (Lipinski definition) is 1. The number of nitrogens with one attached hydrogen (secondary N) is 1. The molecule has 0 fully saturated rings. The Kier molecular flexibility index (Phi) is 48.3. The van der Waals surface area contributed by atoms with Crippen molar-refractivity contribution in [2.45, 2.75) is 238 Å². The van der Waals surface area contributed by atoms with Gasteiger partial charge in [0.05, 0.1) is 33.8 Å². The van der Waals surface area contributed by atoms with Crippen LogP contribution < -0.4 is 10.2 Å². The highest BCUT2D eigenvalue weighted by molar-refractivity contribution is 7.45. The van der Waals surface area contributed by atoms with E-state index in [4.69, 9.17) is 13.8 Å². The van der Waals surface area contributed by atoms with E-state index < -0.39 is 26.6 Å². The smallest absolute Gasteiger partial charge is 0.306 e. The van der Waals surface area contributed by atoms with Crippen LogP contribution in [-0.2, 0) is 27.9 Å². The van der Waals surface area contributed by atoms with Gasteiger partial charge in [-0.1, -0.05) is 208 Å². The molecule has 0 heterocycles. The van der Waals surface area contributed by atoms with E-state index in [2.05, 4.69) is 111 Å². The standard InChI is InChI=1S/C61H107N2O7P/c1-7-10-13-16-19-22-25-26-27-28-29-30-31-32-33-34-35-36-39-41-44-47-50-53-60(64)62-58(57-69-71(66,67)68-56-55-63(4,5)6)59(52-49-46-43-40-37-23-20-17-14-11-8-2)70-61(65)54-51-48-45-42-38-24-21-18-15-12-9-3/h10,13,18-19,21-22,26-27,29-30,32-33,35-36,49,52,58-59H,7-9,11-12,14-17,20,23-25,28,31,34,37-48,50-51,53-57H2,1-6H3,(H-,62,64,66,67)/b13-10-,21-18-,22-19-,27-26-,30-29-,33-32-,36-35-,52-49-. The number of quaternary nitrogens is 1. The SMILES string of the molecule is CC/C=C\C/C=C\C/C=C\C/C=C\C/C=C\C/C=C\CCCCCCC(=O)NC(COP(=O)([O-])OCC[N+](C)(C)C)C(/C=C\CCCCCCCCCCC)OC(=O)CCCCCCC/C=C\CCCC. The maximum atomic E-state index is 13.5. The second-order valence-electron chi connectivity index (χ2n) is 20.1. The molecule has 0 aliphatic carbocycles. The molecule has 1 amide bonds. The van der Waals surface area contributed by atoms with E-state index in [1.165, 1.54) is 57.8 Å². The van der Waals surface area contributed by atoms with Crippen LogP contribution in [0.1, 0.15) is 226 Å². The number of unbranched alkanes of at least 4 members (excludes halogenated alkanes) is 20. The lowest BCUT2D eigenvalue weighted by atomic mass is 10.1. The first-order valence-corrected chi connectivity index (χ1v) is 30.0. The predicted molar refractivity (Wildman–Crippen MR) is 302 cm³/mol. The first-order chi connectivity index (χ1) is 34.4. The Hall–Kier alpha value is -3.07. The van der Waals surface area contributed by atoms with E-state index in [1.807, 2.05) is 33.3 Å². The number of phosphoric ester groups is 1. The Bertz CT molecular complexity index is 1540. The molecule has 9 nitrogen and oxygen atoms in total. The molecular formula is C61H107N2O7P. The fraction of sp³-hybridized carbons (Fsp3) is 0.705. The molecule has 0 rings (SSSR count).